The van der Waals surface area contributed by atoms with E-state index in [2.05, 4.69) is 49.4 Å². The predicted octanol–water partition coefficient (Wildman–Crippen LogP) is 5.60. The summed E-state index contributed by atoms with van der Waals surface area (Å²) in [5, 5.41) is 11.6. The minimum atomic E-state index is -0.632. The summed E-state index contributed by atoms with van der Waals surface area (Å²) >= 11 is 0. The van der Waals surface area contributed by atoms with Crippen molar-refractivity contribution in [3.8, 4) is 11.5 Å². The van der Waals surface area contributed by atoms with E-state index in [-0.39, 0.29) is 17.7 Å². The number of nitrogens with zero attached hydrogens (tertiary/aromatic N) is 3. The number of nitrogens with one attached hydrogen (secondary N) is 4. The molecule has 37 heavy (non-hydrogen) atoms. The van der Waals surface area contributed by atoms with Crippen LogP contribution in [-0.2, 0) is 4.79 Å². The maximum atomic E-state index is 14.4. The van der Waals surface area contributed by atoms with E-state index in [1.165, 1.54) is 0 Å². The van der Waals surface area contributed by atoms with Crippen LogP contribution in [-0.4, -0.2) is 27.9 Å². The second-order valence-electron chi connectivity index (χ2n) is 7.65. The van der Waals surface area contributed by atoms with Crippen LogP contribution in [0.4, 0.5) is 33.2 Å². The van der Waals surface area contributed by atoms with Gasteiger partial charge in [0.05, 0.1) is 17.6 Å². The zero-order chi connectivity index (χ0) is 26.2. The molecule has 0 bridgehead atoms. The Morgan fingerprint density at radius 3 is 2.51 bits per heavy atom. The fraction of sp³-hybridized carbons (Fsp3) is 0.0370. The number of rotatable bonds is 10. The molecule has 2 aromatic carbocycles. The molecule has 2 heterocycles. The minimum absolute atomic E-state index is 0.0266. The molecule has 0 aliphatic carbocycles. The van der Waals surface area contributed by atoms with Crippen molar-refractivity contribution in [2.75, 3.05) is 23.0 Å². The van der Waals surface area contributed by atoms with Crippen molar-refractivity contribution in [3.05, 3.63) is 104 Å². The van der Waals surface area contributed by atoms with Crippen LogP contribution >= 0.6 is 0 Å². The molecule has 0 spiro atoms. The number of anilines is 5. The molecule has 1 amide bonds. The van der Waals surface area contributed by atoms with Crippen molar-refractivity contribution < 1.29 is 13.9 Å². The Hall–Kier alpha value is -5.25. The first-order valence-electron chi connectivity index (χ1n) is 11.1. The zero-order valence-electron chi connectivity index (χ0n) is 20.0. The van der Waals surface area contributed by atoms with Gasteiger partial charge in [0.1, 0.15) is 11.5 Å². The Morgan fingerprint density at radius 1 is 0.973 bits per heavy atom. The first-order chi connectivity index (χ1) is 17.9. The normalized spacial score (nSPS) is 10.2. The van der Waals surface area contributed by atoms with E-state index in [1.54, 1.807) is 73.9 Å². The third kappa shape index (κ3) is 6.67. The molecule has 186 valence electrons. The van der Waals surface area contributed by atoms with Crippen LogP contribution < -0.4 is 26.0 Å². The monoisotopic (exact) mass is 497 g/mol. The van der Waals surface area contributed by atoms with Crippen LogP contribution in [0.5, 0.6) is 11.5 Å². The van der Waals surface area contributed by atoms with Gasteiger partial charge in [-0.2, -0.15) is 4.98 Å². The maximum Gasteiger partial charge on any atom is 0.247 e. The number of hydrogen-bond acceptors (Lipinski definition) is 8. The van der Waals surface area contributed by atoms with Crippen LogP contribution in [0.3, 0.4) is 0 Å². The molecule has 9 nitrogen and oxygen atoms in total. The summed E-state index contributed by atoms with van der Waals surface area (Å²) in [5.41, 5.74) is 3.11. The Labute approximate surface area is 213 Å². The number of carbonyl (C=O) groups is 1. The van der Waals surface area contributed by atoms with E-state index >= 15 is 0 Å². The van der Waals surface area contributed by atoms with Gasteiger partial charge in [0.25, 0.3) is 0 Å². The van der Waals surface area contributed by atoms with E-state index in [0.29, 0.717) is 40.0 Å². The summed E-state index contributed by atoms with van der Waals surface area (Å²) in [6.07, 6.45) is 3.88. The highest BCUT2D eigenvalue weighted by Gasteiger charge is 2.09. The van der Waals surface area contributed by atoms with Crippen molar-refractivity contribution in [2.24, 2.45) is 0 Å². The van der Waals surface area contributed by atoms with Gasteiger partial charge in [-0.3, -0.25) is 9.78 Å². The molecule has 10 heteroatoms. The molecule has 2 aromatic heterocycles. The molecule has 0 unspecified atom stereocenters. The lowest BCUT2D eigenvalue weighted by atomic mass is 10.2. The molecule has 0 saturated heterocycles. The number of pyridine rings is 1. The molecule has 4 rings (SSSR count). The first kappa shape index (κ1) is 24.9. The number of hydrogen-bond donors (Lipinski definition) is 4. The van der Waals surface area contributed by atoms with Gasteiger partial charge in [-0.05, 0) is 54.6 Å². The highest BCUT2D eigenvalue weighted by Crippen LogP contribution is 2.26. The number of halogens is 1. The van der Waals surface area contributed by atoms with Gasteiger partial charge in [0.15, 0.2) is 11.6 Å². The van der Waals surface area contributed by atoms with E-state index in [9.17, 15) is 9.18 Å². The van der Waals surface area contributed by atoms with Gasteiger partial charge in [0, 0.05) is 36.4 Å². The van der Waals surface area contributed by atoms with Gasteiger partial charge in [0.2, 0.25) is 11.9 Å². The third-order valence-electron chi connectivity index (χ3n) is 5.01. The maximum absolute atomic E-state index is 14.4. The topological polar surface area (TPSA) is 113 Å². The number of ether oxygens (including phenoxy) is 1. The molecular weight excluding hydrogens is 473 g/mol. The summed E-state index contributed by atoms with van der Waals surface area (Å²) in [7, 11) is 1.77. The number of aromatic nitrogens is 3. The minimum Gasteiger partial charge on any atom is -0.457 e. The Morgan fingerprint density at radius 2 is 1.76 bits per heavy atom. The smallest absolute Gasteiger partial charge is 0.247 e. The Bertz CT molecular complexity index is 1440. The van der Waals surface area contributed by atoms with E-state index in [4.69, 9.17) is 4.74 Å². The summed E-state index contributed by atoms with van der Waals surface area (Å²) in [5.74, 6) is 0.418. The molecule has 4 N–H and O–H groups in total. The van der Waals surface area contributed by atoms with Crippen LogP contribution in [0.1, 0.15) is 5.69 Å². The largest absolute Gasteiger partial charge is 0.457 e. The average Bonchev–Trinajstić information content (AvgIpc) is 2.91. The van der Waals surface area contributed by atoms with Crippen molar-refractivity contribution >= 4 is 40.4 Å². The SMILES string of the molecule is C=CC(=O)Nc1cccc(Nc2nc(Nc3ccc(Oc4ccnc(C(=C)NC)c4)cc3)ncc2F)c1. The molecule has 0 atom stereocenters. The summed E-state index contributed by atoms with van der Waals surface area (Å²) in [4.78, 5) is 24.0. The van der Waals surface area contributed by atoms with Crippen LogP contribution in [0, 0.1) is 5.82 Å². The van der Waals surface area contributed by atoms with Crippen LogP contribution in [0.15, 0.2) is 92.3 Å². The second-order valence-corrected chi connectivity index (χ2v) is 7.65. The van der Waals surface area contributed by atoms with E-state index in [1.807, 2.05) is 0 Å². The highest BCUT2D eigenvalue weighted by atomic mass is 19.1. The lowest BCUT2D eigenvalue weighted by Gasteiger charge is -2.11. The van der Waals surface area contributed by atoms with Crippen molar-refractivity contribution in [3.63, 3.8) is 0 Å². The fourth-order valence-corrected chi connectivity index (χ4v) is 3.16. The van der Waals surface area contributed by atoms with Gasteiger partial charge in [-0.25, -0.2) is 9.37 Å². The van der Waals surface area contributed by atoms with Gasteiger partial charge >= 0.3 is 0 Å². The average molecular weight is 498 g/mol. The molecule has 0 aliphatic heterocycles. The molecule has 0 fully saturated rings. The highest BCUT2D eigenvalue weighted by molar-refractivity contribution is 5.99. The number of amides is 1. The molecule has 0 saturated carbocycles. The van der Waals surface area contributed by atoms with Crippen molar-refractivity contribution in [2.45, 2.75) is 0 Å². The van der Waals surface area contributed by atoms with Crippen LogP contribution in [0.2, 0.25) is 0 Å². The predicted molar refractivity (Wildman–Crippen MR) is 143 cm³/mol. The Kier molecular flexibility index (Phi) is 7.69. The molecular formula is C27H24FN7O2. The third-order valence-corrected chi connectivity index (χ3v) is 5.01. The lowest BCUT2D eigenvalue weighted by Crippen LogP contribution is -2.07. The van der Waals surface area contributed by atoms with Gasteiger partial charge in [-0.15, -0.1) is 0 Å². The standard InChI is InChI=1S/C27H24FN7O2/c1-4-25(36)32-19-6-5-7-20(14-19)33-26-23(28)16-31-27(35-26)34-18-8-10-21(11-9-18)37-22-12-13-30-24(15-22)17(2)29-3/h4-16,29H,1-2H2,3H3,(H,32,36)(H2,31,33,34,35). The lowest BCUT2D eigenvalue weighted by molar-refractivity contribution is -0.111. The van der Waals surface area contributed by atoms with Crippen LogP contribution in [0.25, 0.3) is 5.70 Å². The molecule has 0 radical (unpaired) electrons. The fourth-order valence-electron chi connectivity index (χ4n) is 3.16. The van der Waals surface area contributed by atoms with Crippen molar-refractivity contribution in [1.29, 1.82) is 0 Å². The quantitative estimate of drug-likeness (QED) is 0.209. The summed E-state index contributed by atoms with van der Waals surface area (Å²) in [6.45, 7) is 7.32. The van der Waals surface area contributed by atoms with Crippen molar-refractivity contribution in [1.82, 2.24) is 20.3 Å². The summed E-state index contributed by atoms with van der Waals surface area (Å²) < 4.78 is 20.3. The summed E-state index contributed by atoms with van der Waals surface area (Å²) in [6, 6.07) is 17.5. The molecule has 4 aromatic rings. The zero-order valence-corrected chi connectivity index (χ0v) is 20.0. The van der Waals surface area contributed by atoms with E-state index in [0.717, 1.165) is 12.3 Å². The Balaban J connectivity index is 1.43. The first-order valence-corrected chi connectivity index (χ1v) is 11.1. The van der Waals surface area contributed by atoms with E-state index < -0.39 is 5.82 Å². The van der Waals surface area contributed by atoms with Gasteiger partial charge in [-0.1, -0.05) is 19.2 Å². The second kappa shape index (κ2) is 11.5. The number of benzene rings is 2. The number of carbonyl (C=O) groups excluding carboxylic acids is 1. The molecule has 0 aliphatic rings. The van der Waals surface area contributed by atoms with Gasteiger partial charge < -0.3 is 26.0 Å².